The van der Waals surface area contributed by atoms with E-state index >= 15 is 0 Å². The summed E-state index contributed by atoms with van der Waals surface area (Å²) in [5.41, 5.74) is 9.38. The minimum atomic E-state index is -0.333. The average molecular weight is 281 g/mol. The van der Waals surface area contributed by atoms with E-state index in [1.165, 1.54) is 5.56 Å². The van der Waals surface area contributed by atoms with Crippen LogP contribution in [0.15, 0.2) is 52.9 Å². The Morgan fingerprint density at radius 3 is 2.76 bits per heavy atom. The SMILES string of the molecule is CCOc1ccccc1C(N)c1cc2cc(C)ccc2o1. The summed E-state index contributed by atoms with van der Waals surface area (Å²) in [6, 6.07) is 15.6. The van der Waals surface area contributed by atoms with Gasteiger partial charge in [-0.05, 0) is 38.1 Å². The lowest BCUT2D eigenvalue weighted by atomic mass is 10.0. The molecular formula is C18H19NO2. The summed E-state index contributed by atoms with van der Waals surface area (Å²) >= 11 is 0. The Hall–Kier alpha value is -2.26. The molecule has 21 heavy (non-hydrogen) atoms. The lowest BCUT2D eigenvalue weighted by molar-refractivity contribution is 0.334. The summed E-state index contributed by atoms with van der Waals surface area (Å²) in [5.74, 6) is 1.56. The Morgan fingerprint density at radius 1 is 1.14 bits per heavy atom. The van der Waals surface area contributed by atoms with Gasteiger partial charge in [-0.2, -0.15) is 0 Å². The van der Waals surface area contributed by atoms with Crippen LogP contribution in [0, 0.1) is 6.92 Å². The third kappa shape index (κ3) is 2.65. The lowest BCUT2D eigenvalue weighted by Gasteiger charge is -2.14. The third-order valence-electron chi connectivity index (χ3n) is 3.55. The predicted molar refractivity (Wildman–Crippen MR) is 84.6 cm³/mol. The fraction of sp³-hybridized carbons (Fsp3) is 0.222. The van der Waals surface area contributed by atoms with Crippen LogP contribution in [-0.2, 0) is 0 Å². The number of nitrogens with two attached hydrogens (primary N) is 1. The topological polar surface area (TPSA) is 48.4 Å². The van der Waals surface area contributed by atoms with Gasteiger partial charge in [0.05, 0.1) is 12.6 Å². The number of hydrogen-bond donors (Lipinski definition) is 1. The van der Waals surface area contributed by atoms with Gasteiger partial charge in [0.15, 0.2) is 0 Å². The minimum Gasteiger partial charge on any atom is -0.494 e. The third-order valence-corrected chi connectivity index (χ3v) is 3.55. The normalized spacial score (nSPS) is 12.5. The van der Waals surface area contributed by atoms with Crippen molar-refractivity contribution < 1.29 is 9.15 Å². The molecule has 0 aliphatic heterocycles. The maximum atomic E-state index is 6.38. The molecule has 3 aromatic rings. The number of hydrogen-bond acceptors (Lipinski definition) is 3. The first-order valence-electron chi connectivity index (χ1n) is 7.16. The molecule has 0 spiro atoms. The highest BCUT2D eigenvalue weighted by molar-refractivity contribution is 5.79. The van der Waals surface area contributed by atoms with E-state index in [4.69, 9.17) is 14.9 Å². The summed E-state index contributed by atoms with van der Waals surface area (Å²) in [6.45, 7) is 4.64. The number of para-hydroxylation sites is 1. The van der Waals surface area contributed by atoms with E-state index in [1.54, 1.807) is 0 Å². The van der Waals surface area contributed by atoms with Crippen molar-refractivity contribution in [2.45, 2.75) is 19.9 Å². The second-order valence-electron chi connectivity index (χ2n) is 5.14. The Morgan fingerprint density at radius 2 is 1.95 bits per heavy atom. The van der Waals surface area contributed by atoms with Crippen LogP contribution in [0.5, 0.6) is 5.75 Å². The van der Waals surface area contributed by atoms with Gasteiger partial charge in [-0.1, -0.05) is 29.8 Å². The zero-order chi connectivity index (χ0) is 14.8. The highest BCUT2D eigenvalue weighted by Gasteiger charge is 2.18. The van der Waals surface area contributed by atoms with Gasteiger partial charge >= 0.3 is 0 Å². The molecule has 0 amide bonds. The van der Waals surface area contributed by atoms with E-state index in [9.17, 15) is 0 Å². The Bertz CT molecular complexity index is 761. The van der Waals surface area contributed by atoms with Gasteiger partial charge in [-0.3, -0.25) is 0 Å². The van der Waals surface area contributed by atoms with Crippen molar-refractivity contribution in [3.63, 3.8) is 0 Å². The fourth-order valence-electron chi connectivity index (χ4n) is 2.51. The van der Waals surface area contributed by atoms with E-state index in [0.717, 1.165) is 28.0 Å². The molecule has 1 aromatic heterocycles. The second kappa shape index (κ2) is 5.62. The number of benzene rings is 2. The number of furan rings is 1. The molecule has 1 unspecified atom stereocenters. The zero-order valence-corrected chi connectivity index (χ0v) is 12.3. The molecule has 1 heterocycles. The van der Waals surface area contributed by atoms with Crippen LogP contribution < -0.4 is 10.5 Å². The fourth-order valence-corrected chi connectivity index (χ4v) is 2.51. The van der Waals surface area contributed by atoms with Crippen LogP contribution in [0.1, 0.15) is 29.9 Å². The highest BCUT2D eigenvalue weighted by Crippen LogP contribution is 2.31. The van der Waals surface area contributed by atoms with Crippen molar-refractivity contribution in [3.05, 3.63) is 65.4 Å². The highest BCUT2D eigenvalue weighted by atomic mass is 16.5. The number of aryl methyl sites for hydroxylation is 1. The largest absolute Gasteiger partial charge is 0.494 e. The average Bonchev–Trinajstić information content (AvgIpc) is 2.90. The standard InChI is InChI=1S/C18H19NO2/c1-3-20-16-7-5-4-6-14(16)18(19)17-11-13-10-12(2)8-9-15(13)21-17/h4-11,18H,3,19H2,1-2H3. The first-order valence-corrected chi connectivity index (χ1v) is 7.16. The van der Waals surface area contributed by atoms with Crippen LogP contribution in [0.25, 0.3) is 11.0 Å². The molecule has 3 heteroatoms. The molecule has 0 radical (unpaired) electrons. The number of fused-ring (bicyclic) bond motifs is 1. The van der Waals surface area contributed by atoms with Crippen molar-refractivity contribution in [1.29, 1.82) is 0 Å². The molecule has 108 valence electrons. The van der Waals surface area contributed by atoms with Crippen LogP contribution in [0.3, 0.4) is 0 Å². The summed E-state index contributed by atoms with van der Waals surface area (Å²) in [6.07, 6.45) is 0. The van der Waals surface area contributed by atoms with E-state index in [0.29, 0.717) is 6.61 Å². The van der Waals surface area contributed by atoms with Crippen LogP contribution in [0.4, 0.5) is 0 Å². The summed E-state index contributed by atoms with van der Waals surface area (Å²) in [7, 11) is 0. The molecule has 3 nitrogen and oxygen atoms in total. The number of rotatable bonds is 4. The Kier molecular flexibility index (Phi) is 3.67. The smallest absolute Gasteiger partial charge is 0.134 e. The maximum absolute atomic E-state index is 6.38. The van der Waals surface area contributed by atoms with Crippen LogP contribution in [-0.4, -0.2) is 6.61 Å². The predicted octanol–water partition coefficient (Wildman–Crippen LogP) is 4.19. The minimum absolute atomic E-state index is 0.333. The Balaban J connectivity index is 2.02. The maximum Gasteiger partial charge on any atom is 0.134 e. The molecule has 1 atom stereocenters. The number of ether oxygens (including phenoxy) is 1. The monoisotopic (exact) mass is 281 g/mol. The molecule has 3 rings (SSSR count). The van der Waals surface area contributed by atoms with Gasteiger partial charge < -0.3 is 14.9 Å². The van der Waals surface area contributed by atoms with E-state index in [1.807, 2.05) is 49.4 Å². The second-order valence-corrected chi connectivity index (χ2v) is 5.14. The summed E-state index contributed by atoms with van der Waals surface area (Å²) in [5, 5.41) is 1.08. The molecule has 0 saturated heterocycles. The molecule has 0 saturated carbocycles. The molecular weight excluding hydrogens is 262 g/mol. The molecule has 2 aromatic carbocycles. The van der Waals surface area contributed by atoms with Crippen molar-refractivity contribution in [2.75, 3.05) is 6.61 Å². The van der Waals surface area contributed by atoms with Crippen LogP contribution in [0.2, 0.25) is 0 Å². The Labute approximate surface area is 124 Å². The van der Waals surface area contributed by atoms with Gasteiger partial charge in [0.1, 0.15) is 17.1 Å². The van der Waals surface area contributed by atoms with Gasteiger partial charge in [0.2, 0.25) is 0 Å². The summed E-state index contributed by atoms with van der Waals surface area (Å²) < 4.78 is 11.5. The zero-order valence-electron chi connectivity index (χ0n) is 12.3. The molecule has 0 aliphatic carbocycles. The van der Waals surface area contributed by atoms with Crippen molar-refractivity contribution in [3.8, 4) is 5.75 Å². The molecule has 0 bridgehead atoms. The molecule has 0 fully saturated rings. The lowest BCUT2D eigenvalue weighted by Crippen LogP contribution is -2.12. The van der Waals surface area contributed by atoms with E-state index < -0.39 is 0 Å². The van der Waals surface area contributed by atoms with Gasteiger partial charge in [-0.25, -0.2) is 0 Å². The first kappa shape index (κ1) is 13.7. The summed E-state index contributed by atoms with van der Waals surface area (Å²) in [4.78, 5) is 0. The van der Waals surface area contributed by atoms with E-state index in [2.05, 4.69) is 13.0 Å². The molecule has 2 N–H and O–H groups in total. The van der Waals surface area contributed by atoms with Crippen LogP contribution >= 0.6 is 0 Å². The molecule has 0 aliphatic rings. The van der Waals surface area contributed by atoms with Gasteiger partial charge in [0, 0.05) is 10.9 Å². The van der Waals surface area contributed by atoms with Gasteiger partial charge in [-0.15, -0.1) is 0 Å². The quantitative estimate of drug-likeness (QED) is 0.780. The van der Waals surface area contributed by atoms with Crippen molar-refractivity contribution in [1.82, 2.24) is 0 Å². The van der Waals surface area contributed by atoms with Crippen molar-refractivity contribution >= 4 is 11.0 Å². The van der Waals surface area contributed by atoms with Gasteiger partial charge in [0.25, 0.3) is 0 Å². The van der Waals surface area contributed by atoms with E-state index in [-0.39, 0.29) is 6.04 Å². The first-order chi connectivity index (χ1) is 10.2. The van der Waals surface area contributed by atoms with Crippen molar-refractivity contribution in [2.24, 2.45) is 5.73 Å².